The second kappa shape index (κ2) is 6.43. The molecule has 106 valence electrons. The van der Waals surface area contributed by atoms with Gasteiger partial charge in [-0.3, -0.25) is 0 Å². The Morgan fingerprint density at radius 3 is 2.68 bits per heavy atom. The van der Waals surface area contributed by atoms with Crippen LogP contribution in [0.25, 0.3) is 0 Å². The van der Waals surface area contributed by atoms with Crippen molar-refractivity contribution in [3.63, 3.8) is 0 Å². The lowest BCUT2D eigenvalue weighted by molar-refractivity contribution is 0.0602. The molecule has 1 aromatic carbocycles. The molecule has 5 heteroatoms. The minimum absolute atomic E-state index is 0.350. The van der Waals surface area contributed by atoms with E-state index < -0.39 is 5.97 Å². The second-order valence-electron chi connectivity index (χ2n) is 4.77. The zero-order valence-corrected chi connectivity index (χ0v) is 11.9. The van der Waals surface area contributed by atoms with Crippen molar-refractivity contribution in [3.8, 4) is 0 Å². The van der Waals surface area contributed by atoms with Gasteiger partial charge >= 0.3 is 5.97 Å². The van der Waals surface area contributed by atoms with Crippen LogP contribution in [-0.4, -0.2) is 37.9 Å². The zero-order valence-electron chi connectivity index (χ0n) is 11.9. The molecule has 0 aliphatic rings. The molecule has 5 nitrogen and oxygen atoms in total. The summed E-state index contributed by atoms with van der Waals surface area (Å²) < 4.78 is 4.73. The first-order chi connectivity index (χ1) is 8.86. The van der Waals surface area contributed by atoms with Gasteiger partial charge in [0.25, 0.3) is 0 Å². The molecule has 1 unspecified atom stereocenters. The number of aliphatic hydroxyl groups is 1. The molecule has 3 N–H and O–H groups in total. The van der Waals surface area contributed by atoms with Crippen LogP contribution in [0.2, 0.25) is 0 Å². The molecule has 0 fully saturated rings. The first kappa shape index (κ1) is 15.3. The Bertz CT molecular complexity index is 458. The minimum atomic E-state index is -0.439. The van der Waals surface area contributed by atoms with Crippen molar-refractivity contribution in [2.24, 2.45) is 0 Å². The van der Waals surface area contributed by atoms with E-state index >= 15 is 0 Å². The lowest BCUT2D eigenvalue weighted by Gasteiger charge is -2.22. The molecule has 0 aromatic heterocycles. The number of benzene rings is 1. The number of aryl methyl sites for hydroxylation is 1. The van der Waals surface area contributed by atoms with Crippen LogP contribution in [0.3, 0.4) is 0 Å². The van der Waals surface area contributed by atoms with Crippen molar-refractivity contribution in [2.45, 2.75) is 26.4 Å². The molecule has 0 saturated heterocycles. The number of ether oxygens (including phenoxy) is 1. The van der Waals surface area contributed by atoms with Gasteiger partial charge in [-0.25, -0.2) is 4.79 Å². The van der Waals surface area contributed by atoms with Crippen molar-refractivity contribution in [3.05, 3.63) is 23.3 Å². The Hall–Kier alpha value is -1.75. The van der Waals surface area contributed by atoms with Crippen LogP contribution in [0.5, 0.6) is 0 Å². The summed E-state index contributed by atoms with van der Waals surface area (Å²) in [7, 11) is 3.25. The van der Waals surface area contributed by atoms with Crippen molar-refractivity contribution >= 4 is 17.3 Å². The van der Waals surface area contributed by atoms with Gasteiger partial charge in [-0.1, -0.05) is 0 Å². The summed E-state index contributed by atoms with van der Waals surface area (Å²) in [5.41, 5.74) is 8.43. The number of aliphatic hydroxyl groups excluding tert-OH is 1. The maximum atomic E-state index is 11.7. The van der Waals surface area contributed by atoms with E-state index in [9.17, 15) is 9.90 Å². The third kappa shape index (κ3) is 3.86. The topological polar surface area (TPSA) is 75.8 Å². The number of nitrogens with two attached hydrogens (primary N) is 1. The van der Waals surface area contributed by atoms with Crippen LogP contribution in [0.1, 0.15) is 29.3 Å². The van der Waals surface area contributed by atoms with Gasteiger partial charge < -0.3 is 20.5 Å². The van der Waals surface area contributed by atoms with Crippen molar-refractivity contribution in [2.75, 3.05) is 31.3 Å². The fraction of sp³-hybridized carbons (Fsp3) is 0.500. The second-order valence-corrected chi connectivity index (χ2v) is 4.77. The van der Waals surface area contributed by atoms with E-state index in [2.05, 4.69) is 0 Å². The molecule has 19 heavy (non-hydrogen) atoms. The Morgan fingerprint density at radius 2 is 2.16 bits per heavy atom. The van der Waals surface area contributed by atoms with Gasteiger partial charge in [0, 0.05) is 25.0 Å². The van der Waals surface area contributed by atoms with Crippen molar-refractivity contribution in [1.82, 2.24) is 0 Å². The summed E-state index contributed by atoms with van der Waals surface area (Å²) in [6.45, 7) is 4.30. The highest BCUT2D eigenvalue weighted by molar-refractivity contribution is 5.97. The number of hydrogen-bond acceptors (Lipinski definition) is 5. The number of methoxy groups -OCH3 is 1. The van der Waals surface area contributed by atoms with Gasteiger partial charge in [-0.2, -0.15) is 0 Å². The van der Waals surface area contributed by atoms with Crippen molar-refractivity contribution in [1.29, 1.82) is 0 Å². The molecule has 1 atom stereocenters. The van der Waals surface area contributed by atoms with Gasteiger partial charge in [0.15, 0.2) is 0 Å². The van der Waals surface area contributed by atoms with Gasteiger partial charge in [0.2, 0.25) is 0 Å². The average molecular weight is 266 g/mol. The Morgan fingerprint density at radius 1 is 1.53 bits per heavy atom. The Balaban J connectivity index is 3.02. The first-order valence-corrected chi connectivity index (χ1v) is 6.24. The summed E-state index contributed by atoms with van der Waals surface area (Å²) in [5.74, 6) is -0.439. The summed E-state index contributed by atoms with van der Waals surface area (Å²) in [6, 6.07) is 3.64. The third-order valence-electron chi connectivity index (χ3n) is 3.10. The fourth-order valence-electron chi connectivity index (χ4n) is 1.79. The highest BCUT2D eigenvalue weighted by atomic mass is 16.5. The number of hydrogen-bond donors (Lipinski definition) is 2. The smallest absolute Gasteiger partial charge is 0.340 e. The molecule has 1 aromatic rings. The van der Waals surface area contributed by atoms with E-state index in [-0.39, 0.29) is 6.10 Å². The third-order valence-corrected chi connectivity index (χ3v) is 3.10. The molecule has 0 radical (unpaired) electrons. The average Bonchev–Trinajstić information content (AvgIpc) is 2.37. The van der Waals surface area contributed by atoms with Crippen LogP contribution in [0.15, 0.2) is 12.1 Å². The summed E-state index contributed by atoms with van der Waals surface area (Å²) >= 11 is 0. The predicted octanol–water partition coefficient (Wildman–Crippen LogP) is 1.57. The molecule has 1 rings (SSSR count). The number of carbonyl (C=O) groups excluding carboxylic acids is 1. The lowest BCUT2D eigenvalue weighted by atomic mass is 10.1. The largest absolute Gasteiger partial charge is 0.465 e. The number of rotatable bonds is 5. The standard InChI is InChI=1S/C14H22N2O3/c1-9-7-11(16(3)6-5-10(2)17)8-12(13(9)15)14(18)19-4/h7-8,10,17H,5-6,15H2,1-4H3. The van der Waals surface area contributed by atoms with Gasteiger partial charge in [-0.05, 0) is 38.0 Å². The number of anilines is 2. The number of esters is 1. The van der Waals surface area contributed by atoms with Crippen LogP contribution in [-0.2, 0) is 4.74 Å². The monoisotopic (exact) mass is 266 g/mol. The van der Waals surface area contributed by atoms with E-state index in [0.717, 1.165) is 11.3 Å². The molecular formula is C14H22N2O3. The molecule has 0 bridgehead atoms. The number of nitrogen functional groups attached to an aromatic ring is 1. The maximum Gasteiger partial charge on any atom is 0.340 e. The van der Waals surface area contributed by atoms with Gasteiger partial charge in [-0.15, -0.1) is 0 Å². The molecule has 0 heterocycles. The summed E-state index contributed by atoms with van der Waals surface area (Å²) in [4.78, 5) is 13.6. The maximum absolute atomic E-state index is 11.7. The van der Waals surface area contributed by atoms with E-state index in [1.165, 1.54) is 7.11 Å². The SMILES string of the molecule is COC(=O)c1cc(N(C)CCC(C)O)cc(C)c1N. The highest BCUT2D eigenvalue weighted by Gasteiger charge is 2.15. The van der Waals surface area contributed by atoms with Gasteiger partial charge in [0.1, 0.15) is 0 Å². The van der Waals surface area contributed by atoms with Crippen LogP contribution < -0.4 is 10.6 Å². The van der Waals surface area contributed by atoms with Crippen LogP contribution >= 0.6 is 0 Å². The van der Waals surface area contributed by atoms with Crippen LogP contribution in [0.4, 0.5) is 11.4 Å². The lowest BCUT2D eigenvalue weighted by Crippen LogP contribution is -2.22. The minimum Gasteiger partial charge on any atom is -0.465 e. The molecule has 0 saturated carbocycles. The van der Waals surface area contributed by atoms with E-state index in [1.54, 1.807) is 13.0 Å². The van der Waals surface area contributed by atoms with Gasteiger partial charge in [0.05, 0.1) is 18.8 Å². The predicted molar refractivity (Wildman–Crippen MR) is 76.5 cm³/mol. The highest BCUT2D eigenvalue weighted by Crippen LogP contribution is 2.25. The van der Waals surface area contributed by atoms with E-state index in [0.29, 0.717) is 24.2 Å². The first-order valence-electron chi connectivity index (χ1n) is 6.24. The Labute approximate surface area is 114 Å². The Kier molecular flexibility index (Phi) is 5.18. The molecular weight excluding hydrogens is 244 g/mol. The molecule has 0 aliphatic heterocycles. The number of carbonyl (C=O) groups is 1. The number of nitrogens with zero attached hydrogens (tertiary/aromatic N) is 1. The zero-order chi connectivity index (χ0) is 14.6. The van der Waals surface area contributed by atoms with E-state index in [1.807, 2.05) is 24.9 Å². The molecule has 0 spiro atoms. The molecule has 0 amide bonds. The summed E-state index contributed by atoms with van der Waals surface area (Å²) in [5, 5.41) is 9.31. The van der Waals surface area contributed by atoms with Crippen LogP contribution in [0, 0.1) is 6.92 Å². The summed E-state index contributed by atoms with van der Waals surface area (Å²) in [6.07, 6.45) is 0.311. The quantitative estimate of drug-likeness (QED) is 0.625. The normalized spacial score (nSPS) is 12.1. The van der Waals surface area contributed by atoms with Crippen molar-refractivity contribution < 1.29 is 14.6 Å². The molecule has 0 aliphatic carbocycles. The van der Waals surface area contributed by atoms with E-state index in [4.69, 9.17) is 10.5 Å². The fourth-order valence-corrected chi connectivity index (χ4v) is 1.79.